The summed E-state index contributed by atoms with van der Waals surface area (Å²) in [4.78, 5) is 15.8. The zero-order chi connectivity index (χ0) is 18.1. The summed E-state index contributed by atoms with van der Waals surface area (Å²) in [7, 11) is 1.84. The Hall–Kier alpha value is -2.73. The molecule has 1 aromatic heterocycles. The van der Waals surface area contributed by atoms with E-state index in [0.29, 0.717) is 10.8 Å². The topological polar surface area (TPSA) is 63.9 Å². The quantitative estimate of drug-likeness (QED) is 0.710. The molecule has 0 bridgehead atoms. The Labute approximate surface area is 156 Å². The van der Waals surface area contributed by atoms with Gasteiger partial charge in [-0.2, -0.15) is 4.80 Å². The van der Waals surface area contributed by atoms with Gasteiger partial charge in [0.15, 0.2) is 0 Å². The number of fused-ring (bicyclic) bond motifs is 1. The van der Waals surface area contributed by atoms with Crippen molar-refractivity contribution < 1.29 is 4.79 Å². The highest BCUT2D eigenvalue weighted by Crippen LogP contribution is 2.34. The summed E-state index contributed by atoms with van der Waals surface area (Å²) in [5.41, 5.74) is 3.36. The third-order valence-corrected chi connectivity index (χ3v) is 5.05. The summed E-state index contributed by atoms with van der Waals surface area (Å²) in [5.74, 6) is 0.440. The molecular weight excluding hydrogens is 350 g/mol. The summed E-state index contributed by atoms with van der Waals surface area (Å²) >= 11 is 5.89. The van der Waals surface area contributed by atoms with Gasteiger partial charge < -0.3 is 4.90 Å². The monoisotopic (exact) mass is 367 g/mol. The average molecular weight is 368 g/mol. The van der Waals surface area contributed by atoms with Crippen molar-refractivity contribution in [3.05, 3.63) is 64.7 Å². The Morgan fingerprint density at radius 1 is 1.23 bits per heavy atom. The summed E-state index contributed by atoms with van der Waals surface area (Å²) in [5, 5.41) is 13.0. The highest BCUT2D eigenvalue weighted by Gasteiger charge is 2.28. The molecule has 2 aromatic carbocycles. The molecule has 0 radical (unpaired) electrons. The molecule has 0 spiro atoms. The molecule has 4 rings (SSSR count). The van der Waals surface area contributed by atoms with E-state index < -0.39 is 0 Å². The SMILES string of the molecule is CN(C(=O)Cn1nnc(-c2ccc(Cl)cc2)n1)C1CCc2ccccc21. The van der Waals surface area contributed by atoms with Crippen LogP contribution in [0.3, 0.4) is 0 Å². The number of carbonyl (C=O) groups is 1. The van der Waals surface area contributed by atoms with E-state index in [1.54, 1.807) is 17.0 Å². The number of hydrogen-bond donors (Lipinski definition) is 0. The molecule has 0 saturated carbocycles. The number of carbonyl (C=O) groups excluding carboxylic acids is 1. The lowest BCUT2D eigenvalue weighted by Crippen LogP contribution is -2.33. The lowest BCUT2D eigenvalue weighted by atomic mass is 10.1. The second kappa shape index (κ2) is 6.88. The largest absolute Gasteiger partial charge is 0.337 e. The molecule has 7 heteroatoms. The van der Waals surface area contributed by atoms with Crippen LogP contribution in [0.1, 0.15) is 23.6 Å². The van der Waals surface area contributed by atoms with Crippen molar-refractivity contribution in [3.63, 3.8) is 0 Å². The highest BCUT2D eigenvalue weighted by molar-refractivity contribution is 6.30. The van der Waals surface area contributed by atoms with E-state index in [0.717, 1.165) is 18.4 Å². The van der Waals surface area contributed by atoms with E-state index in [-0.39, 0.29) is 18.5 Å². The van der Waals surface area contributed by atoms with Crippen molar-refractivity contribution in [3.8, 4) is 11.4 Å². The third-order valence-electron chi connectivity index (χ3n) is 4.79. The van der Waals surface area contributed by atoms with Gasteiger partial charge in [0, 0.05) is 17.6 Å². The number of halogens is 1. The minimum atomic E-state index is -0.0354. The third kappa shape index (κ3) is 3.20. The minimum Gasteiger partial charge on any atom is -0.337 e. The highest BCUT2D eigenvalue weighted by atomic mass is 35.5. The van der Waals surface area contributed by atoms with E-state index in [2.05, 4.69) is 27.5 Å². The molecule has 1 atom stereocenters. The Morgan fingerprint density at radius 2 is 2.00 bits per heavy atom. The number of amides is 1. The Bertz CT molecular complexity index is 937. The van der Waals surface area contributed by atoms with Gasteiger partial charge in [0.2, 0.25) is 11.7 Å². The zero-order valence-electron chi connectivity index (χ0n) is 14.3. The number of hydrogen-bond acceptors (Lipinski definition) is 4. The van der Waals surface area contributed by atoms with Gasteiger partial charge in [0.25, 0.3) is 0 Å². The molecule has 132 valence electrons. The van der Waals surface area contributed by atoms with Crippen molar-refractivity contribution in [1.82, 2.24) is 25.1 Å². The Balaban J connectivity index is 1.46. The molecular formula is C19H18ClN5O. The van der Waals surface area contributed by atoms with Crippen molar-refractivity contribution in [2.45, 2.75) is 25.4 Å². The Kier molecular flexibility index (Phi) is 4.42. The first-order valence-corrected chi connectivity index (χ1v) is 8.87. The van der Waals surface area contributed by atoms with Gasteiger partial charge in [-0.15, -0.1) is 10.2 Å². The van der Waals surface area contributed by atoms with Crippen LogP contribution in [0.15, 0.2) is 48.5 Å². The van der Waals surface area contributed by atoms with E-state index in [9.17, 15) is 4.79 Å². The van der Waals surface area contributed by atoms with Crippen LogP contribution in [0, 0.1) is 0 Å². The van der Waals surface area contributed by atoms with Crippen molar-refractivity contribution in [2.24, 2.45) is 0 Å². The standard InChI is InChI=1S/C19H18ClN5O/c1-24(17-11-8-13-4-2-3-5-16(13)17)18(26)12-25-22-19(21-23-25)14-6-9-15(20)10-7-14/h2-7,9-10,17H,8,11-12H2,1H3. The summed E-state index contributed by atoms with van der Waals surface area (Å²) in [6.07, 6.45) is 1.95. The molecule has 1 aliphatic carbocycles. The maximum Gasteiger partial charge on any atom is 0.246 e. The number of tetrazole rings is 1. The number of likely N-dealkylation sites (N-methyl/N-ethyl adjacent to an activating group) is 1. The van der Waals surface area contributed by atoms with Crippen LogP contribution in [0.5, 0.6) is 0 Å². The van der Waals surface area contributed by atoms with E-state index >= 15 is 0 Å². The number of aromatic nitrogens is 4. The molecule has 26 heavy (non-hydrogen) atoms. The fourth-order valence-electron chi connectivity index (χ4n) is 3.37. The first kappa shape index (κ1) is 16.7. The maximum atomic E-state index is 12.7. The van der Waals surface area contributed by atoms with Crippen LogP contribution in [0.25, 0.3) is 11.4 Å². The molecule has 0 aliphatic heterocycles. The number of benzene rings is 2. The lowest BCUT2D eigenvalue weighted by Gasteiger charge is -2.25. The fraction of sp³-hybridized carbons (Fsp3) is 0.263. The van der Waals surface area contributed by atoms with E-state index in [1.807, 2.05) is 31.3 Å². The van der Waals surface area contributed by atoms with Gasteiger partial charge in [0.05, 0.1) is 6.04 Å². The van der Waals surface area contributed by atoms with Crippen LogP contribution in [0.2, 0.25) is 5.02 Å². The second-order valence-corrected chi connectivity index (χ2v) is 6.84. The normalized spacial score (nSPS) is 15.7. The predicted molar refractivity (Wildman–Crippen MR) is 98.5 cm³/mol. The van der Waals surface area contributed by atoms with Gasteiger partial charge in [-0.1, -0.05) is 35.9 Å². The average Bonchev–Trinajstić information content (AvgIpc) is 3.29. The molecule has 1 aliphatic rings. The smallest absolute Gasteiger partial charge is 0.246 e. The van der Waals surface area contributed by atoms with Gasteiger partial charge >= 0.3 is 0 Å². The first-order valence-electron chi connectivity index (χ1n) is 8.49. The molecule has 0 N–H and O–H groups in total. The van der Waals surface area contributed by atoms with Crippen LogP contribution in [-0.4, -0.2) is 38.1 Å². The summed E-state index contributed by atoms with van der Waals surface area (Å²) in [6, 6.07) is 15.6. The summed E-state index contributed by atoms with van der Waals surface area (Å²) in [6.45, 7) is 0.0652. The zero-order valence-corrected chi connectivity index (χ0v) is 15.1. The number of aryl methyl sites for hydroxylation is 1. The maximum absolute atomic E-state index is 12.7. The molecule has 6 nitrogen and oxygen atoms in total. The Morgan fingerprint density at radius 3 is 2.81 bits per heavy atom. The fourth-order valence-corrected chi connectivity index (χ4v) is 3.49. The molecule has 1 heterocycles. The molecule has 1 unspecified atom stereocenters. The molecule has 1 amide bonds. The van der Waals surface area contributed by atoms with E-state index in [1.165, 1.54) is 15.9 Å². The van der Waals surface area contributed by atoms with Crippen molar-refractivity contribution >= 4 is 17.5 Å². The van der Waals surface area contributed by atoms with Crippen molar-refractivity contribution in [2.75, 3.05) is 7.05 Å². The van der Waals surface area contributed by atoms with Gasteiger partial charge in [0.1, 0.15) is 6.54 Å². The predicted octanol–water partition coefficient (Wildman–Crippen LogP) is 3.14. The number of nitrogens with zero attached hydrogens (tertiary/aromatic N) is 5. The molecule has 0 saturated heterocycles. The second-order valence-electron chi connectivity index (χ2n) is 6.41. The van der Waals surface area contributed by atoms with Gasteiger partial charge in [-0.25, -0.2) is 0 Å². The minimum absolute atomic E-state index is 0.0354. The summed E-state index contributed by atoms with van der Waals surface area (Å²) < 4.78 is 0. The molecule has 0 fully saturated rings. The molecule has 3 aromatic rings. The van der Waals surface area contributed by atoms with Gasteiger partial charge in [-0.05, 0) is 53.4 Å². The van der Waals surface area contributed by atoms with Crippen LogP contribution in [-0.2, 0) is 17.8 Å². The first-order chi connectivity index (χ1) is 12.6. The van der Waals surface area contributed by atoms with Crippen LogP contribution >= 0.6 is 11.6 Å². The van der Waals surface area contributed by atoms with Gasteiger partial charge in [-0.3, -0.25) is 4.79 Å². The van der Waals surface area contributed by atoms with Crippen molar-refractivity contribution in [1.29, 1.82) is 0 Å². The lowest BCUT2D eigenvalue weighted by molar-refractivity contribution is -0.133. The van der Waals surface area contributed by atoms with Crippen LogP contribution in [0.4, 0.5) is 0 Å². The van der Waals surface area contributed by atoms with Crippen LogP contribution < -0.4 is 0 Å². The van der Waals surface area contributed by atoms with E-state index in [4.69, 9.17) is 11.6 Å². The number of rotatable bonds is 4.